The molecule has 1 aromatic carbocycles. The third kappa shape index (κ3) is 3.62. The fraction of sp³-hybridized carbons (Fsp3) is 0.444. The van der Waals surface area contributed by atoms with E-state index in [-0.39, 0.29) is 5.75 Å². The fourth-order valence-corrected chi connectivity index (χ4v) is 3.20. The summed E-state index contributed by atoms with van der Waals surface area (Å²) in [6.07, 6.45) is 2.38. The van der Waals surface area contributed by atoms with Crippen LogP contribution in [0.5, 0.6) is 5.75 Å². The predicted octanol–water partition coefficient (Wildman–Crippen LogP) is 3.05. The Kier molecular flexibility index (Phi) is 4.76. The molecule has 23 heavy (non-hydrogen) atoms. The van der Waals surface area contributed by atoms with Gasteiger partial charge >= 0.3 is 0 Å². The third-order valence-electron chi connectivity index (χ3n) is 4.48. The lowest BCUT2D eigenvalue weighted by molar-refractivity contribution is 0.226. The summed E-state index contributed by atoms with van der Waals surface area (Å²) in [6.45, 7) is 7.50. The second-order valence-electron chi connectivity index (χ2n) is 6.15. The fourth-order valence-electron chi connectivity index (χ4n) is 3.20. The number of aromatic nitrogens is 2. The molecule has 5 nitrogen and oxygen atoms in total. The van der Waals surface area contributed by atoms with Crippen LogP contribution in [0, 0.1) is 6.92 Å². The van der Waals surface area contributed by atoms with Gasteiger partial charge < -0.3 is 15.3 Å². The molecule has 1 aliphatic rings. The molecule has 1 saturated heterocycles. The number of nitrogens with one attached hydrogen (secondary N) is 1. The van der Waals surface area contributed by atoms with Gasteiger partial charge in [-0.05, 0) is 56.6 Å². The van der Waals surface area contributed by atoms with Gasteiger partial charge in [-0.2, -0.15) is 0 Å². The largest absolute Gasteiger partial charge is 0.507 e. The minimum Gasteiger partial charge on any atom is -0.507 e. The van der Waals surface area contributed by atoms with E-state index in [1.807, 2.05) is 31.2 Å². The van der Waals surface area contributed by atoms with Gasteiger partial charge in [0.15, 0.2) is 0 Å². The first-order chi connectivity index (χ1) is 11.2. The average molecular weight is 312 g/mol. The monoisotopic (exact) mass is 312 g/mol. The van der Waals surface area contributed by atoms with E-state index in [1.165, 1.54) is 19.4 Å². The molecule has 0 aliphatic carbocycles. The third-order valence-corrected chi connectivity index (χ3v) is 4.48. The van der Waals surface area contributed by atoms with Gasteiger partial charge in [-0.3, -0.25) is 0 Å². The van der Waals surface area contributed by atoms with Crippen LogP contribution >= 0.6 is 0 Å². The topological polar surface area (TPSA) is 61.3 Å². The zero-order valence-corrected chi connectivity index (χ0v) is 13.8. The highest BCUT2D eigenvalue weighted by atomic mass is 16.3. The Morgan fingerprint density at radius 1 is 1.26 bits per heavy atom. The van der Waals surface area contributed by atoms with Crippen LogP contribution < -0.4 is 5.32 Å². The number of likely N-dealkylation sites (tertiary alicyclic amines) is 1. The first-order valence-electron chi connectivity index (χ1n) is 8.29. The summed E-state index contributed by atoms with van der Waals surface area (Å²) >= 11 is 0. The highest BCUT2D eigenvalue weighted by molar-refractivity contribution is 5.70. The summed E-state index contributed by atoms with van der Waals surface area (Å²) in [5.74, 6) is 1.04. The van der Waals surface area contributed by atoms with E-state index in [1.54, 1.807) is 6.07 Å². The molecule has 1 fully saturated rings. The highest BCUT2D eigenvalue weighted by Crippen LogP contribution is 2.30. The van der Waals surface area contributed by atoms with Crippen LogP contribution in [-0.4, -0.2) is 45.9 Å². The molecular weight excluding hydrogens is 288 g/mol. The Hall–Kier alpha value is -2.14. The van der Waals surface area contributed by atoms with E-state index in [2.05, 4.69) is 27.3 Å². The van der Waals surface area contributed by atoms with Crippen molar-refractivity contribution in [3.8, 4) is 17.0 Å². The van der Waals surface area contributed by atoms with Crippen molar-refractivity contribution in [2.75, 3.05) is 25.0 Å². The van der Waals surface area contributed by atoms with Gasteiger partial charge in [0.25, 0.3) is 0 Å². The Morgan fingerprint density at radius 2 is 2.13 bits per heavy atom. The molecule has 122 valence electrons. The predicted molar refractivity (Wildman–Crippen MR) is 92.6 cm³/mol. The molecule has 0 saturated carbocycles. The molecule has 0 unspecified atom stereocenters. The SMILES string of the molecule is CCN1CCC[C@@H](Nc2ccc(-c3c(C)cccc3O)nn2)C1. The van der Waals surface area contributed by atoms with Crippen LogP contribution in [0.1, 0.15) is 25.3 Å². The van der Waals surface area contributed by atoms with Crippen LogP contribution in [0.15, 0.2) is 30.3 Å². The number of nitrogens with zero attached hydrogens (tertiary/aromatic N) is 3. The average Bonchev–Trinajstić information content (AvgIpc) is 2.56. The summed E-state index contributed by atoms with van der Waals surface area (Å²) in [6, 6.07) is 9.76. The van der Waals surface area contributed by atoms with Gasteiger partial charge in [-0.1, -0.05) is 19.1 Å². The maximum atomic E-state index is 10.0. The molecule has 3 rings (SSSR count). The maximum Gasteiger partial charge on any atom is 0.148 e. The van der Waals surface area contributed by atoms with Crippen LogP contribution in [0.3, 0.4) is 0 Å². The molecule has 2 N–H and O–H groups in total. The molecule has 1 aromatic heterocycles. The smallest absolute Gasteiger partial charge is 0.148 e. The summed E-state index contributed by atoms with van der Waals surface area (Å²) in [7, 11) is 0. The van der Waals surface area contributed by atoms with Crippen LogP contribution in [0.4, 0.5) is 5.82 Å². The van der Waals surface area contributed by atoms with Crippen molar-refractivity contribution < 1.29 is 5.11 Å². The lowest BCUT2D eigenvalue weighted by Crippen LogP contribution is -2.42. The Labute approximate surface area is 137 Å². The Morgan fingerprint density at radius 3 is 2.83 bits per heavy atom. The quantitative estimate of drug-likeness (QED) is 0.908. The zero-order valence-electron chi connectivity index (χ0n) is 13.8. The molecule has 5 heteroatoms. The number of aryl methyl sites for hydroxylation is 1. The summed E-state index contributed by atoms with van der Waals surface area (Å²) in [5, 5.41) is 22.1. The van der Waals surface area contributed by atoms with Gasteiger partial charge in [0, 0.05) is 18.2 Å². The van der Waals surface area contributed by atoms with Gasteiger partial charge in [-0.25, -0.2) is 0 Å². The number of anilines is 1. The molecular formula is C18H24N4O. The number of benzene rings is 1. The molecule has 0 bridgehead atoms. The summed E-state index contributed by atoms with van der Waals surface area (Å²) in [5.41, 5.74) is 2.44. The maximum absolute atomic E-state index is 10.0. The van der Waals surface area contributed by atoms with E-state index in [4.69, 9.17) is 0 Å². The number of aromatic hydroxyl groups is 1. The molecule has 2 heterocycles. The van der Waals surface area contributed by atoms with Gasteiger partial charge in [-0.15, -0.1) is 10.2 Å². The Balaban J connectivity index is 1.72. The molecule has 2 aromatic rings. The molecule has 1 aliphatic heterocycles. The van der Waals surface area contributed by atoms with Gasteiger partial charge in [0.1, 0.15) is 11.6 Å². The molecule has 0 amide bonds. The first-order valence-corrected chi connectivity index (χ1v) is 8.29. The van der Waals surface area contributed by atoms with Crippen molar-refractivity contribution in [2.45, 2.75) is 32.7 Å². The van der Waals surface area contributed by atoms with Crippen LogP contribution in [0.25, 0.3) is 11.3 Å². The number of phenolic OH excluding ortho intramolecular Hbond substituents is 1. The number of phenols is 1. The second kappa shape index (κ2) is 6.96. The van der Waals surface area contributed by atoms with E-state index in [0.717, 1.165) is 30.0 Å². The number of piperidine rings is 1. The second-order valence-corrected chi connectivity index (χ2v) is 6.15. The van der Waals surface area contributed by atoms with E-state index < -0.39 is 0 Å². The van der Waals surface area contributed by atoms with Crippen molar-refractivity contribution >= 4 is 5.82 Å². The van der Waals surface area contributed by atoms with Crippen molar-refractivity contribution in [3.05, 3.63) is 35.9 Å². The van der Waals surface area contributed by atoms with Crippen molar-refractivity contribution in [1.82, 2.24) is 15.1 Å². The molecule has 1 atom stereocenters. The summed E-state index contributed by atoms with van der Waals surface area (Å²) < 4.78 is 0. The lowest BCUT2D eigenvalue weighted by atomic mass is 10.0. The van der Waals surface area contributed by atoms with E-state index >= 15 is 0 Å². The van der Waals surface area contributed by atoms with E-state index in [9.17, 15) is 5.11 Å². The first kappa shape index (κ1) is 15.7. The van der Waals surface area contributed by atoms with E-state index in [0.29, 0.717) is 11.7 Å². The number of likely N-dealkylation sites (N-methyl/N-ethyl adjacent to an activating group) is 1. The summed E-state index contributed by atoms with van der Waals surface area (Å²) in [4.78, 5) is 2.45. The van der Waals surface area contributed by atoms with Crippen LogP contribution in [-0.2, 0) is 0 Å². The number of hydrogen-bond donors (Lipinski definition) is 2. The van der Waals surface area contributed by atoms with Gasteiger partial charge in [0.2, 0.25) is 0 Å². The lowest BCUT2D eigenvalue weighted by Gasteiger charge is -2.32. The Bertz CT molecular complexity index is 636. The van der Waals surface area contributed by atoms with Crippen molar-refractivity contribution in [2.24, 2.45) is 0 Å². The van der Waals surface area contributed by atoms with Crippen molar-refractivity contribution in [1.29, 1.82) is 0 Å². The minimum atomic E-state index is 0.242. The normalized spacial score (nSPS) is 18.8. The number of hydrogen-bond acceptors (Lipinski definition) is 5. The minimum absolute atomic E-state index is 0.242. The van der Waals surface area contributed by atoms with Gasteiger partial charge in [0.05, 0.1) is 5.69 Å². The molecule has 0 radical (unpaired) electrons. The zero-order chi connectivity index (χ0) is 16.2. The standard InChI is InChI=1S/C18H24N4O/c1-3-22-11-5-7-14(12-22)19-17-10-9-15(20-21-17)18-13(2)6-4-8-16(18)23/h4,6,8-10,14,23H,3,5,7,11-12H2,1-2H3,(H,19,21)/t14-/m1/s1. The van der Waals surface area contributed by atoms with Crippen molar-refractivity contribution in [3.63, 3.8) is 0 Å². The highest BCUT2D eigenvalue weighted by Gasteiger charge is 2.19. The molecule has 0 spiro atoms. The number of rotatable bonds is 4. The van der Waals surface area contributed by atoms with Crippen LogP contribution in [0.2, 0.25) is 0 Å².